The second kappa shape index (κ2) is 10.3. The van der Waals surface area contributed by atoms with E-state index in [-0.39, 0.29) is 0 Å². The summed E-state index contributed by atoms with van der Waals surface area (Å²) in [5.41, 5.74) is 7.38. The molecule has 0 radical (unpaired) electrons. The van der Waals surface area contributed by atoms with Gasteiger partial charge in [0.2, 0.25) is 0 Å². The topological polar surface area (TPSA) is 81.1 Å². The Balaban J connectivity index is 0.000000281. The van der Waals surface area contributed by atoms with Crippen LogP contribution in [0.1, 0.15) is 28.7 Å². The third-order valence-electron chi connectivity index (χ3n) is 6.11. The number of aliphatic carboxylic acids is 2. The maximum absolute atomic E-state index is 9.55. The van der Waals surface area contributed by atoms with Gasteiger partial charge in [-0.3, -0.25) is 0 Å². The lowest BCUT2D eigenvalue weighted by Gasteiger charge is -2.36. The fourth-order valence-corrected chi connectivity index (χ4v) is 5.48. The number of hydrogen-bond donors (Lipinski definition) is 2. The van der Waals surface area contributed by atoms with E-state index in [1.165, 1.54) is 45.9 Å². The van der Waals surface area contributed by atoms with E-state index in [9.17, 15) is 9.59 Å². The maximum atomic E-state index is 9.55. The minimum Gasteiger partial charge on any atom is -0.478 e. The van der Waals surface area contributed by atoms with Crippen molar-refractivity contribution in [2.24, 2.45) is 0 Å². The average Bonchev–Trinajstić information content (AvgIpc) is 3.18. The molecule has 7 heteroatoms. The number of hydrogen-bond acceptors (Lipinski definition) is 5. The van der Waals surface area contributed by atoms with Crippen molar-refractivity contribution >= 4 is 35.5 Å². The molecule has 0 aromatic heterocycles. The lowest BCUT2D eigenvalue weighted by atomic mass is 10.0. The van der Waals surface area contributed by atoms with Crippen LogP contribution in [0.15, 0.2) is 58.3 Å². The molecule has 172 valence electrons. The summed E-state index contributed by atoms with van der Waals surface area (Å²) < 4.78 is 0. The van der Waals surface area contributed by atoms with Crippen LogP contribution < -0.4 is 0 Å². The molecule has 2 N–H and O–H groups in total. The van der Waals surface area contributed by atoms with E-state index < -0.39 is 11.9 Å². The molecule has 1 saturated heterocycles. The molecule has 5 rings (SSSR count). The van der Waals surface area contributed by atoms with Gasteiger partial charge in [-0.1, -0.05) is 30.0 Å². The number of carboxylic acid groups (broad SMARTS) is 2. The molecule has 2 aliphatic heterocycles. The van der Waals surface area contributed by atoms with Gasteiger partial charge in [-0.15, -0.1) is 0 Å². The molecular formula is C26H28N2O4S. The van der Waals surface area contributed by atoms with E-state index >= 15 is 0 Å². The molecule has 2 aromatic carbocycles. The number of carbonyl (C=O) groups is 2. The lowest BCUT2D eigenvalue weighted by molar-refractivity contribution is -0.134. The number of piperazine rings is 1. The van der Waals surface area contributed by atoms with Gasteiger partial charge in [-0.25, -0.2) is 9.59 Å². The molecule has 0 saturated carbocycles. The summed E-state index contributed by atoms with van der Waals surface area (Å²) in [4.78, 5) is 27.0. The Morgan fingerprint density at radius 2 is 1.55 bits per heavy atom. The Bertz CT molecular complexity index is 1100. The van der Waals surface area contributed by atoms with Crippen molar-refractivity contribution in [3.63, 3.8) is 0 Å². The summed E-state index contributed by atoms with van der Waals surface area (Å²) in [5.74, 6) is -2.51. The van der Waals surface area contributed by atoms with Gasteiger partial charge in [0.1, 0.15) is 0 Å². The van der Waals surface area contributed by atoms with Crippen LogP contribution in [0.4, 0.5) is 0 Å². The van der Waals surface area contributed by atoms with Crippen LogP contribution in [-0.2, 0) is 22.4 Å². The number of nitrogens with zero attached hydrogens (tertiary/aromatic N) is 2. The van der Waals surface area contributed by atoms with Gasteiger partial charge in [-0.2, -0.15) is 0 Å². The second-order valence-electron chi connectivity index (χ2n) is 8.44. The van der Waals surface area contributed by atoms with Crippen molar-refractivity contribution in [3.8, 4) is 0 Å². The largest absolute Gasteiger partial charge is 0.478 e. The second-order valence-corrected chi connectivity index (χ2v) is 9.52. The smallest absolute Gasteiger partial charge is 0.328 e. The van der Waals surface area contributed by atoms with Crippen molar-refractivity contribution in [2.45, 2.75) is 29.1 Å². The predicted molar refractivity (Wildman–Crippen MR) is 130 cm³/mol. The molecule has 0 spiro atoms. The zero-order valence-electron chi connectivity index (χ0n) is 18.7. The first-order chi connectivity index (χ1) is 15.9. The van der Waals surface area contributed by atoms with Crippen LogP contribution in [-0.4, -0.2) is 65.2 Å². The maximum Gasteiger partial charge on any atom is 0.328 e. The highest BCUT2D eigenvalue weighted by molar-refractivity contribution is 7.99. The summed E-state index contributed by atoms with van der Waals surface area (Å²) in [5, 5.41) is 15.6. The van der Waals surface area contributed by atoms with Gasteiger partial charge in [0.05, 0.1) is 0 Å². The number of rotatable bonds is 3. The summed E-state index contributed by atoms with van der Waals surface area (Å²) in [6, 6.07) is 13.8. The molecule has 2 aromatic rings. The highest BCUT2D eigenvalue weighted by atomic mass is 32.2. The molecule has 0 bridgehead atoms. The first-order valence-corrected chi connectivity index (χ1v) is 11.9. The Morgan fingerprint density at radius 3 is 2.21 bits per heavy atom. The fourth-order valence-electron chi connectivity index (χ4n) is 4.37. The zero-order valence-corrected chi connectivity index (χ0v) is 19.5. The molecule has 0 atom stereocenters. The van der Waals surface area contributed by atoms with Gasteiger partial charge in [-0.05, 0) is 67.3 Å². The third kappa shape index (κ3) is 5.67. The number of aryl methyl sites for hydroxylation is 2. The van der Waals surface area contributed by atoms with Crippen molar-refractivity contribution in [1.29, 1.82) is 0 Å². The first-order valence-electron chi connectivity index (χ1n) is 11.1. The van der Waals surface area contributed by atoms with E-state index in [1.54, 1.807) is 11.1 Å². The minimum atomic E-state index is -1.26. The standard InChI is InChI=1S/C22H24N2S.C4H4O4/c1-23-9-11-24(12-10-23)20-14-18-5-2-3-8-21(18)25-22-15-17-7-4-6-16(17)13-19(20)22;5-3(6)1-2-4(7)8/h2-3,5,8,13-15H,4,6-7,9-12H2,1H3;1-2H,(H,5,6)(H,7,8). The van der Waals surface area contributed by atoms with E-state index in [1.807, 2.05) is 11.8 Å². The molecule has 1 fully saturated rings. The average molecular weight is 465 g/mol. The molecule has 33 heavy (non-hydrogen) atoms. The van der Waals surface area contributed by atoms with Crippen LogP contribution in [0.3, 0.4) is 0 Å². The van der Waals surface area contributed by atoms with E-state index in [2.05, 4.69) is 59.3 Å². The lowest BCUT2D eigenvalue weighted by Crippen LogP contribution is -2.43. The number of fused-ring (bicyclic) bond motifs is 3. The highest BCUT2D eigenvalue weighted by Gasteiger charge is 2.25. The van der Waals surface area contributed by atoms with Gasteiger partial charge in [0.25, 0.3) is 0 Å². The predicted octanol–water partition coefficient (Wildman–Crippen LogP) is 4.10. The normalized spacial score (nSPS) is 17.2. The van der Waals surface area contributed by atoms with Crippen LogP contribution >= 0.6 is 11.8 Å². The van der Waals surface area contributed by atoms with Gasteiger partial charge in [0, 0.05) is 59.4 Å². The van der Waals surface area contributed by atoms with Crippen molar-refractivity contribution in [1.82, 2.24) is 9.80 Å². The highest BCUT2D eigenvalue weighted by Crippen LogP contribution is 2.43. The van der Waals surface area contributed by atoms with Gasteiger partial charge >= 0.3 is 11.9 Å². The molecule has 6 nitrogen and oxygen atoms in total. The SMILES string of the molecule is CN1CCN(C2=Cc3ccccc3Sc3cc4c(cc32)CCC4)CC1.O=C(O)C=CC(=O)O. The van der Waals surface area contributed by atoms with Crippen LogP contribution in [0.25, 0.3) is 11.8 Å². The Kier molecular flexibility index (Phi) is 7.20. The number of likely N-dealkylation sites (N-methyl/N-ethyl adjacent to an activating group) is 1. The zero-order chi connectivity index (χ0) is 23.4. The Labute approximate surface area is 198 Å². The van der Waals surface area contributed by atoms with Crippen LogP contribution in [0.2, 0.25) is 0 Å². The quantitative estimate of drug-likeness (QED) is 0.662. The molecular weight excluding hydrogens is 436 g/mol. The Morgan fingerprint density at radius 1 is 0.909 bits per heavy atom. The monoisotopic (exact) mass is 464 g/mol. The molecule has 0 unspecified atom stereocenters. The molecule has 3 aliphatic rings. The molecule has 2 heterocycles. The van der Waals surface area contributed by atoms with Crippen molar-refractivity contribution in [2.75, 3.05) is 33.2 Å². The number of carboxylic acids is 2. The van der Waals surface area contributed by atoms with Crippen molar-refractivity contribution < 1.29 is 19.8 Å². The van der Waals surface area contributed by atoms with Crippen molar-refractivity contribution in [3.05, 3.63) is 70.8 Å². The summed E-state index contributed by atoms with van der Waals surface area (Å²) >= 11 is 1.95. The summed E-state index contributed by atoms with van der Waals surface area (Å²) in [6.45, 7) is 4.52. The molecule has 1 aliphatic carbocycles. The minimum absolute atomic E-state index is 0.558. The van der Waals surface area contributed by atoms with E-state index in [0.717, 1.165) is 26.2 Å². The summed E-state index contributed by atoms with van der Waals surface area (Å²) in [6.07, 6.45) is 7.35. The van der Waals surface area contributed by atoms with Gasteiger partial charge < -0.3 is 20.0 Å². The first kappa shape index (κ1) is 23.1. The van der Waals surface area contributed by atoms with E-state index in [4.69, 9.17) is 10.2 Å². The van der Waals surface area contributed by atoms with Gasteiger partial charge in [0.15, 0.2) is 0 Å². The van der Waals surface area contributed by atoms with E-state index in [0.29, 0.717) is 12.2 Å². The fraction of sp³-hybridized carbons (Fsp3) is 0.308. The molecule has 0 amide bonds. The van der Waals surface area contributed by atoms with Crippen LogP contribution in [0, 0.1) is 0 Å². The summed E-state index contributed by atoms with van der Waals surface area (Å²) in [7, 11) is 2.23. The van der Waals surface area contributed by atoms with Crippen LogP contribution in [0.5, 0.6) is 0 Å². The third-order valence-corrected chi connectivity index (χ3v) is 7.26. The number of benzene rings is 2. The Hall–Kier alpha value is -3.03.